The van der Waals surface area contributed by atoms with Crippen molar-refractivity contribution >= 4 is 23.1 Å². The fourth-order valence-corrected chi connectivity index (χ4v) is 4.37. The van der Waals surface area contributed by atoms with Crippen molar-refractivity contribution in [3.05, 3.63) is 94.2 Å². The van der Waals surface area contributed by atoms with Gasteiger partial charge in [-0.15, -0.1) is 0 Å². The maximum absolute atomic E-state index is 13.6. The van der Waals surface area contributed by atoms with Crippen molar-refractivity contribution in [3.63, 3.8) is 0 Å². The highest BCUT2D eigenvalue weighted by atomic mass is 16.7. The molecule has 2 aliphatic heterocycles. The molecule has 2 aliphatic rings. The van der Waals surface area contributed by atoms with E-state index in [1.165, 1.54) is 10.5 Å². The van der Waals surface area contributed by atoms with Crippen LogP contribution in [0.4, 0.5) is 5.69 Å². The lowest BCUT2D eigenvalue weighted by atomic mass is 9.97. The van der Waals surface area contributed by atoms with Crippen LogP contribution in [0.5, 0.6) is 11.5 Å². The molecule has 3 aromatic rings. The predicted molar refractivity (Wildman–Crippen MR) is 130 cm³/mol. The van der Waals surface area contributed by atoms with Gasteiger partial charge in [-0.25, -0.2) is 0 Å². The first-order valence-corrected chi connectivity index (χ1v) is 11.4. The molecule has 0 radical (unpaired) electrons. The number of nitrogens with zero attached hydrogens (tertiary/aromatic N) is 1. The number of aryl methyl sites for hydroxylation is 3. The van der Waals surface area contributed by atoms with Gasteiger partial charge in [0.2, 0.25) is 6.79 Å². The number of fused-ring (bicyclic) bond motifs is 1. The van der Waals surface area contributed by atoms with E-state index in [0.717, 1.165) is 34.4 Å². The molecule has 172 valence electrons. The highest BCUT2D eigenvalue weighted by Gasteiger charge is 2.39. The lowest BCUT2D eigenvalue weighted by molar-refractivity contribution is -0.137. The van der Waals surface area contributed by atoms with E-state index >= 15 is 0 Å². The van der Waals surface area contributed by atoms with Crippen LogP contribution in [0.25, 0.3) is 5.57 Å². The zero-order chi connectivity index (χ0) is 23.8. The fraction of sp³-hybridized carbons (Fsp3) is 0.214. The van der Waals surface area contributed by atoms with Gasteiger partial charge in [0, 0.05) is 5.69 Å². The number of anilines is 1. The van der Waals surface area contributed by atoms with Gasteiger partial charge >= 0.3 is 0 Å². The molecular formula is C28H26N2O4. The number of carbonyl (C=O) groups is 2. The van der Waals surface area contributed by atoms with Crippen LogP contribution in [0.3, 0.4) is 0 Å². The van der Waals surface area contributed by atoms with Crippen molar-refractivity contribution < 1.29 is 19.1 Å². The second kappa shape index (κ2) is 8.71. The summed E-state index contributed by atoms with van der Waals surface area (Å²) in [6.07, 6.45) is 0.928. The Kier molecular flexibility index (Phi) is 5.57. The van der Waals surface area contributed by atoms with E-state index in [-0.39, 0.29) is 25.2 Å². The number of ether oxygens (including phenoxy) is 2. The van der Waals surface area contributed by atoms with Gasteiger partial charge in [0.1, 0.15) is 5.70 Å². The topological polar surface area (TPSA) is 67.9 Å². The highest BCUT2D eigenvalue weighted by Crippen LogP contribution is 2.36. The third-order valence-electron chi connectivity index (χ3n) is 6.23. The van der Waals surface area contributed by atoms with E-state index in [0.29, 0.717) is 22.8 Å². The van der Waals surface area contributed by atoms with Crippen LogP contribution in [-0.4, -0.2) is 23.5 Å². The Morgan fingerprint density at radius 2 is 1.59 bits per heavy atom. The van der Waals surface area contributed by atoms with Gasteiger partial charge in [0.05, 0.1) is 12.1 Å². The molecule has 1 N–H and O–H groups in total. The zero-order valence-corrected chi connectivity index (χ0v) is 19.5. The first kappa shape index (κ1) is 21.8. The molecule has 3 aromatic carbocycles. The maximum Gasteiger partial charge on any atom is 0.278 e. The van der Waals surface area contributed by atoms with Crippen LogP contribution in [0, 0.1) is 13.8 Å². The average Bonchev–Trinajstić information content (AvgIpc) is 3.38. The number of amides is 2. The van der Waals surface area contributed by atoms with Crippen LogP contribution in [0.15, 0.2) is 66.4 Å². The van der Waals surface area contributed by atoms with E-state index in [1.807, 2.05) is 68.4 Å². The van der Waals surface area contributed by atoms with Crippen molar-refractivity contribution in [2.24, 2.45) is 0 Å². The minimum Gasteiger partial charge on any atom is -0.454 e. The summed E-state index contributed by atoms with van der Waals surface area (Å²) >= 11 is 0. The van der Waals surface area contributed by atoms with E-state index in [1.54, 1.807) is 6.07 Å². The Hall–Kier alpha value is -4.06. The van der Waals surface area contributed by atoms with Gasteiger partial charge in [0.25, 0.3) is 11.8 Å². The van der Waals surface area contributed by atoms with Gasteiger partial charge in [-0.05, 0) is 66.8 Å². The molecule has 0 fully saturated rings. The number of benzene rings is 3. The highest BCUT2D eigenvalue weighted by molar-refractivity contribution is 6.36. The molecule has 6 nitrogen and oxygen atoms in total. The first-order chi connectivity index (χ1) is 16.4. The normalized spacial score (nSPS) is 14.9. The summed E-state index contributed by atoms with van der Waals surface area (Å²) in [5.74, 6) is 0.614. The summed E-state index contributed by atoms with van der Waals surface area (Å²) in [6, 6.07) is 19.3. The molecule has 0 saturated carbocycles. The molecule has 0 saturated heterocycles. The number of rotatable bonds is 6. The third-order valence-corrected chi connectivity index (χ3v) is 6.23. The molecule has 0 aromatic heterocycles. The van der Waals surface area contributed by atoms with Gasteiger partial charge in [0.15, 0.2) is 11.5 Å². The molecule has 0 unspecified atom stereocenters. The Labute approximate surface area is 198 Å². The van der Waals surface area contributed by atoms with Crippen LogP contribution < -0.4 is 14.8 Å². The van der Waals surface area contributed by atoms with Gasteiger partial charge in [-0.3, -0.25) is 14.5 Å². The molecule has 2 heterocycles. The molecule has 2 amide bonds. The number of carbonyl (C=O) groups excluding carboxylic acids is 2. The summed E-state index contributed by atoms with van der Waals surface area (Å²) in [5, 5.41) is 3.24. The Balaban J connectivity index is 1.52. The van der Waals surface area contributed by atoms with Crippen molar-refractivity contribution in [1.29, 1.82) is 0 Å². The van der Waals surface area contributed by atoms with Crippen LogP contribution in [0.1, 0.15) is 34.7 Å². The van der Waals surface area contributed by atoms with Crippen molar-refractivity contribution in [1.82, 2.24) is 4.90 Å². The first-order valence-electron chi connectivity index (χ1n) is 11.4. The van der Waals surface area contributed by atoms with E-state index < -0.39 is 0 Å². The van der Waals surface area contributed by atoms with Crippen LogP contribution in [-0.2, 0) is 22.6 Å². The molecule has 0 spiro atoms. The van der Waals surface area contributed by atoms with Gasteiger partial charge in [-0.1, -0.05) is 48.9 Å². The zero-order valence-electron chi connectivity index (χ0n) is 19.5. The summed E-state index contributed by atoms with van der Waals surface area (Å²) in [4.78, 5) is 28.5. The molecule has 0 bridgehead atoms. The molecule has 5 rings (SSSR count). The number of hydrogen-bond donors (Lipinski definition) is 1. The number of hydrogen-bond acceptors (Lipinski definition) is 5. The smallest absolute Gasteiger partial charge is 0.278 e. The second-order valence-corrected chi connectivity index (χ2v) is 8.63. The lowest BCUT2D eigenvalue weighted by Gasteiger charge is -2.16. The fourth-order valence-electron chi connectivity index (χ4n) is 4.37. The summed E-state index contributed by atoms with van der Waals surface area (Å²) in [6.45, 7) is 6.37. The minimum atomic E-state index is -0.350. The quantitative estimate of drug-likeness (QED) is 0.532. The van der Waals surface area contributed by atoms with Gasteiger partial charge in [-0.2, -0.15) is 0 Å². The minimum absolute atomic E-state index is 0.142. The number of nitrogens with one attached hydrogen (secondary N) is 1. The standard InChI is InChI=1S/C28H26N2O4/c1-4-19-6-9-21(10-7-19)29-26-25(22-11-5-17(2)13-18(22)3)27(31)30(28(26)32)15-20-8-12-23-24(14-20)34-16-33-23/h5-14,29H,4,15-16H2,1-3H3. The largest absolute Gasteiger partial charge is 0.454 e. The van der Waals surface area contributed by atoms with Crippen molar-refractivity contribution in [2.45, 2.75) is 33.7 Å². The Morgan fingerprint density at radius 3 is 2.32 bits per heavy atom. The monoisotopic (exact) mass is 454 g/mol. The Morgan fingerprint density at radius 1 is 0.853 bits per heavy atom. The molecular weight excluding hydrogens is 428 g/mol. The molecule has 34 heavy (non-hydrogen) atoms. The number of imide groups is 1. The van der Waals surface area contributed by atoms with Crippen molar-refractivity contribution in [2.75, 3.05) is 12.1 Å². The summed E-state index contributed by atoms with van der Waals surface area (Å²) < 4.78 is 10.8. The van der Waals surface area contributed by atoms with E-state index in [2.05, 4.69) is 12.2 Å². The van der Waals surface area contributed by atoms with Crippen molar-refractivity contribution in [3.8, 4) is 11.5 Å². The lowest BCUT2D eigenvalue weighted by Crippen LogP contribution is -2.32. The van der Waals surface area contributed by atoms with Gasteiger partial charge < -0.3 is 14.8 Å². The molecule has 6 heteroatoms. The Bertz CT molecular complexity index is 1320. The summed E-state index contributed by atoms with van der Waals surface area (Å²) in [5.41, 5.74) is 6.24. The molecule has 0 aliphatic carbocycles. The van der Waals surface area contributed by atoms with E-state index in [9.17, 15) is 9.59 Å². The second-order valence-electron chi connectivity index (χ2n) is 8.63. The van der Waals surface area contributed by atoms with Crippen LogP contribution >= 0.6 is 0 Å². The predicted octanol–water partition coefficient (Wildman–Crippen LogP) is 4.99. The summed E-state index contributed by atoms with van der Waals surface area (Å²) in [7, 11) is 0. The average molecular weight is 455 g/mol. The third kappa shape index (κ3) is 3.92. The van der Waals surface area contributed by atoms with E-state index in [4.69, 9.17) is 9.47 Å². The van der Waals surface area contributed by atoms with Crippen LogP contribution in [0.2, 0.25) is 0 Å². The maximum atomic E-state index is 13.6. The molecule has 0 atom stereocenters. The SMILES string of the molecule is CCc1ccc(NC2=C(c3ccc(C)cc3C)C(=O)N(Cc3ccc4c(c3)OCO4)C2=O)cc1.